The molecule has 0 radical (unpaired) electrons. The first kappa shape index (κ1) is 13.5. The fourth-order valence-corrected chi connectivity index (χ4v) is 2.84. The number of benzene rings is 1. The van der Waals surface area contributed by atoms with Crippen molar-refractivity contribution >= 4 is 9.84 Å². The molecule has 0 aliphatic rings. The van der Waals surface area contributed by atoms with Gasteiger partial charge < -0.3 is 4.74 Å². The van der Waals surface area contributed by atoms with Crippen LogP contribution in [0.1, 0.15) is 17.5 Å². The highest BCUT2D eigenvalue weighted by atomic mass is 32.2. The van der Waals surface area contributed by atoms with Gasteiger partial charge in [-0.1, -0.05) is 0 Å². The van der Waals surface area contributed by atoms with E-state index in [1.54, 1.807) is 12.1 Å². The van der Waals surface area contributed by atoms with Gasteiger partial charge in [0, 0.05) is 6.42 Å². The van der Waals surface area contributed by atoms with Gasteiger partial charge in [0.15, 0.2) is 9.84 Å². The molecule has 0 fully saturated rings. The van der Waals surface area contributed by atoms with Crippen molar-refractivity contribution in [3.63, 3.8) is 0 Å². The summed E-state index contributed by atoms with van der Waals surface area (Å²) in [4.78, 5) is 0.165. The Labute approximate surface area is 102 Å². The first-order chi connectivity index (χ1) is 7.92. The summed E-state index contributed by atoms with van der Waals surface area (Å²) in [6.07, 6.45) is -0.0155. The molecule has 0 unspecified atom stereocenters. The van der Waals surface area contributed by atoms with Gasteiger partial charge in [-0.15, -0.1) is 0 Å². The number of methoxy groups -OCH3 is 1. The van der Waals surface area contributed by atoms with Crippen LogP contribution in [0.3, 0.4) is 0 Å². The van der Waals surface area contributed by atoms with Crippen LogP contribution in [0, 0.1) is 25.2 Å². The summed E-state index contributed by atoms with van der Waals surface area (Å²) in [5.41, 5.74) is 1.86. The predicted octanol–water partition coefficient (Wildman–Crippen LogP) is 2.00. The Hall–Kier alpha value is -1.54. The highest BCUT2D eigenvalue weighted by Crippen LogP contribution is 2.28. The van der Waals surface area contributed by atoms with Crippen LogP contribution in [0.5, 0.6) is 5.75 Å². The molecule has 0 aliphatic heterocycles. The first-order valence-corrected chi connectivity index (χ1v) is 6.82. The quantitative estimate of drug-likeness (QED) is 0.823. The molecule has 4 nitrogen and oxygen atoms in total. The first-order valence-electron chi connectivity index (χ1n) is 5.17. The van der Waals surface area contributed by atoms with Crippen LogP contribution in [-0.2, 0) is 9.84 Å². The molecule has 17 heavy (non-hydrogen) atoms. The van der Waals surface area contributed by atoms with Crippen molar-refractivity contribution in [2.24, 2.45) is 0 Å². The average Bonchev–Trinajstić information content (AvgIpc) is 2.29. The maximum Gasteiger partial charge on any atom is 0.183 e. The van der Waals surface area contributed by atoms with E-state index in [2.05, 4.69) is 0 Å². The van der Waals surface area contributed by atoms with Crippen molar-refractivity contribution in [1.82, 2.24) is 0 Å². The zero-order valence-corrected chi connectivity index (χ0v) is 11.0. The van der Waals surface area contributed by atoms with Gasteiger partial charge in [0.25, 0.3) is 0 Å². The van der Waals surface area contributed by atoms with Crippen LogP contribution in [0.25, 0.3) is 0 Å². The van der Waals surface area contributed by atoms with Crippen molar-refractivity contribution in [3.05, 3.63) is 23.3 Å². The summed E-state index contributed by atoms with van der Waals surface area (Å²) < 4.78 is 29.1. The van der Waals surface area contributed by atoms with E-state index in [1.165, 1.54) is 7.11 Å². The molecule has 0 aromatic heterocycles. The highest BCUT2D eigenvalue weighted by Gasteiger charge is 2.20. The van der Waals surface area contributed by atoms with E-state index < -0.39 is 9.84 Å². The van der Waals surface area contributed by atoms with Gasteiger partial charge in [-0.3, -0.25) is 0 Å². The summed E-state index contributed by atoms with van der Waals surface area (Å²) in [5, 5.41) is 8.46. The Balaban J connectivity index is 3.31. The van der Waals surface area contributed by atoms with Gasteiger partial charge >= 0.3 is 0 Å². The van der Waals surface area contributed by atoms with Crippen molar-refractivity contribution in [1.29, 1.82) is 5.26 Å². The fraction of sp³-hybridized carbons (Fsp3) is 0.417. The van der Waals surface area contributed by atoms with Crippen molar-refractivity contribution in [3.8, 4) is 11.8 Å². The number of hydrogen-bond acceptors (Lipinski definition) is 4. The molecule has 0 amide bonds. The summed E-state index contributed by atoms with van der Waals surface area (Å²) >= 11 is 0. The van der Waals surface area contributed by atoms with Crippen molar-refractivity contribution < 1.29 is 13.2 Å². The number of nitriles is 1. The molecular weight excluding hydrogens is 238 g/mol. The third kappa shape index (κ3) is 2.98. The van der Waals surface area contributed by atoms with Gasteiger partial charge in [0.2, 0.25) is 0 Å². The van der Waals surface area contributed by atoms with Gasteiger partial charge in [-0.25, -0.2) is 8.42 Å². The molecular formula is C12H15NO3S. The minimum atomic E-state index is -3.45. The smallest absolute Gasteiger partial charge is 0.183 e. The molecule has 1 aromatic carbocycles. The number of hydrogen-bond donors (Lipinski definition) is 0. The Bertz CT molecular complexity index is 556. The number of rotatable bonds is 4. The molecule has 0 heterocycles. The highest BCUT2D eigenvalue weighted by molar-refractivity contribution is 7.91. The molecule has 1 rings (SSSR count). The lowest BCUT2D eigenvalue weighted by Gasteiger charge is -2.11. The topological polar surface area (TPSA) is 67.2 Å². The van der Waals surface area contributed by atoms with Gasteiger partial charge in [0.1, 0.15) is 10.6 Å². The molecule has 5 heteroatoms. The standard InChI is InChI=1S/C12H15NO3S/c1-9-7-11(16-3)12(8-10(9)2)17(14,15)6-4-5-13/h7-8H,4,6H2,1-3H3. The van der Waals surface area contributed by atoms with Crippen molar-refractivity contribution in [2.45, 2.75) is 25.2 Å². The second-order valence-corrected chi connectivity index (χ2v) is 5.89. The Kier molecular flexibility index (Phi) is 4.13. The van der Waals surface area contributed by atoms with Crippen LogP contribution in [0.15, 0.2) is 17.0 Å². The molecule has 1 aromatic rings. The van der Waals surface area contributed by atoms with E-state index >= 15 is 0 Å². The summed E-state index contributed by atoms with van der Waals surface area (Å²) in [6, 6.07) is 5.14. The zero-order chi connectivity index (χ0) is 13.1. The lowest BCUT2D eigenvalue weighted by atomic mass is 10.1. The molecule has 0 atom stereocenters. The van der Waals surface area contributed by atoms with E-state index in [9.17, 15) is 8.42 Å². The van der Waals surface area contributed by atoms with E-state index in [0.29, 0.717) is 5.75 Å². The van der Waals surface area contributed by atoms with Crippen molar-refractivity contribution in [2.75, 3.05) is 12.9 Å². The number of aryl methyl sites for hydroxylation is 2. The maximum absolute atomic E-state index is 12.0. The molecule has 0 spiro atoms. The van der Waals surface area contributed by atoms with Crippen LogP contribution in [0.2, 0.25) is 0 Å². The third-order valence-corrected chi connectivity index (χ3v) is 4.33. The van der Waals surface area contributed by atoms with Gasteiger partial charge in [-0.2, -0.15) is 5.26 Å². The maximum atomic E-state index is 12.0. The lowest BCUT2D eigenvalue weighted by Crippen LogP contribution is -2.09. The monoisotopic (exact) mass is 253 g/mol. The summed E-state index contributed by atoms with van der Waals surface area (Å²) in [5.74, 6) is 0.161. The summed E-state index contributed by atoms with van der Waals surface area (Å²) in [7, 11) is -2.01. The Morgan fingerprint density at radius 1 is 1.29 bits per heavy atom. The normalized spacial score (nSPS) is 10.9. The van der Waals surface area contributed by atoms with E-state index in [1.807, 2.05) is 19.9 Å². The van der Waals surface area contributed by atoms with E-state index in [-0.39, 0.29) is 17.1 Å². The second kappa shape index (κ2) is 5.19. The van der Waals surface area contributed by atoms with Crippen LogP contribution < -0.4 is 4.74 Å². The Morgan fingerprint density at radius 3 is 2.41 bits per heavy atom. The zero-order valence-electron chi connectivity index (χ0n) is 10.1. The number of ether oxygens (including phenoxy) is 1. The molecule has 0 aliphatic carbocycles. The number of sulfone groups is 1. The lowest BCUT2D eigenvalue weighted by molar-refractivity contribution is 0.402. The van der Waals surface area contributed by atoms with Crippen LogP contribution in [-0.4, -0.2) is 21.3 Å². The average molecular weight is 253 g/mol. The minimum absolute atomic E-state index is 0.0155. The van der Waals surface area contributed by atoms with E-state index in [4.69, 9.17) is 10.00 Å². The third-order valence-electron chi connectivity index (χ3n) is 2.60. The summed E-state index contributed by atoms with van der Waals surface area (Å²) in [6.45, 7) is 3.74. The second-order valence-electron chi connectivity index (χ2n) is 3.81. The van der Waals surface area contributed by atoms with E-state index in [0.717, 1.165) is 11.1 Å². The fourth-order valence-electron chi connectivity index (χ4n) is 1.46. The SMILES string of the molecule is COc1cc(C)c(C)cc1S(=O)(=O)CCC#N. The molecule has 0 saturated carbocycles. The van der Waals surface area contributed by atoms with Gasteiger partial charge in [-0.05, 0) is 37.1 Å². The van der Waals surface area contributed by atoms with Crippen LogP contribution >= 0.6 is 0 Å². The Morgan fingerprint density at radius 2 is 1.88 bits per heavy atom. The minimum Gasteiger partial charge on any atom is -0.495 e. The molecule has 92 valence electrons. The van der Waals surface area contributed by atoms with Gasteiger partial charge in [0.05, 0.1) is 18.9 Å². The number of nitrogens with zero attached hydrogens (tertiary/aromatic N) is 1. The largest absolute Gasteiger partial charge is 0.495 e. The van der Waals surface area contributed by atoms with Crippen LogP contribution in [0.4, 0.5) is 0 Å². The molecule has 0 N–H and O–H groups in total. The molecule has 0 bridgehead atoms. The molecule has 0 saturated heterocycles. The predicted molar refractivity (Wildman–Crippen MR) is 64.8 cm³/mol.